The molecule has 0 spiro atoms. The van der Waals surface area contributed by atoms with E-state index in [1.165, 1.54) is 27.1 Å². The topological polar surface area (TPSA) is 51.6 Å². The number of fused-ring (bicyclic) bond motifs is 2. The molecule has 0 amide bonds. The predicted octanol–water partition coefficient (Wildman–Crippen LogP) is 11.9. The molecule has 240 valence electrons. The first-order valence-electron chi connectivity index (χ1n) is 17.1. The summed E-state index contributed by atoms with van der Waals surface area (Å²) in [4.78, 5) is 19.6. The van der Waals surface area contributed by atoms with E-state index >= 15 is 0 Å². The molecule has 0 unspecified atom stereocenters. The van der Waals surface area contributed by atoms with Gasteiger partial charge in [0, 0.05) is 28.6 Å². The van der Waals surface area contributed by atoms with E-state index in [-0.39, 0.29) is 0 Å². The van der Waals surface area contributed by atoms with Crippen LogP contribution < -0.4 is 0 Å². The molecule has 0 bridgehead atoms. The van der Waals surface area contributed by atoms with E-state index in [2.05, 4.69) is 114 Å². The van der Waals surface area contributed by atoms with Crippen LogP contribution >= 0.6 is 0 Å². The Morgan fingerprint density at radius 3 is 1.37 bits per heavy atom. The molecule has 4 nitrogen and oxygen atoms in total. The first kappa shape index (κ1) is 30.3. The number of aryl methyl sites for hydroxylation is 1. The summed E-state index contributed by atoms with van der Waals surface area (Å²) >= 11 is 0. The molecule has 9 rings (SSSR count). The van der Waals surface area contributed by atoms with Gasteiger partial charge < -0.3 is 0 Å². The number of benzene rings is 7. The predicted molar refractivity (Wildman–Crippen MR) is 210 cm³/mol. The standard InChI is InChI=1S/C47H32N4/c1-31-26-36(24-25-48-31)32-20-22-33(23-21-32)39-28-40(44-42-18-10-8-16-37(42)27-38-17-9-11-19-43(38)44)30-41(29-39)47-50-45(34-12-4-2-5-13-34)49-46(51-47)35-14-6-3-7-15-35/h2-30H,1H3. The number of aromatic nitrogens is 4. The first-order chi connectivity index (χ1) is 25.2. The molecule has 9 aromatic rings. The Labute approximate surface area is 296 Å². The smallest absolute Gasteiger partial charge is 0.164 e. The molecule has 0 N–H and O–H groups in total. The molecular weight excluding hydrogens is 621 g/mol. The van der Waals surface area contributed by atoms with Crippen LogP contribution in [-0.4, -0.2) is 19.9 Å². The van der Waals surface area contributed by atoms with Crippen LogP contribution in [0.3, 0.4) is 0 Å². The third kappa shape index (κ3) is 5.94. The lowest BCUT2D eigenvalue weighted by Gasteiger charge is -2.16. The zero-order valence-corrected chi connectivity index (χ0v) is 28.0. The molecular formula is C47H32N4. The Balaban J connectivity index is 1.30. The zero-order chi connectivity index (χ0) is 34.1. The van der Waals surface area contributed by atoms with Crippen molar-refractivity contribution in [1.29, 1.82) is 0 Å². The quantitative estimate of drug-likeness (QED) is 0.168. The van der Waals surface area contributed by atoms with Crippen LogP contribution in [0.1, 0.15) is 5.69 Å². The van der Waals surface area contributed by atoms with Crippen LogP contribution in [0.25, 0.3) is 89.1 Å². The van der Waals surface area contributed by atoms with E-state index in [9.17, 15) is 0 Å². The summed E-state index contributed by atoms with van der Waals surface area (Å²) in [5.74, 6) is 1.90. The summed E-state index contributed by atoms with van der Waals surface area (Å²) in [6.07, 6.45) is 1.87. The van der Waals surface area contributed by atoms with Gasteiger partial charge in [0.1, 0.15) is 0 Å². The lowest BCUT2D eigenvalue weighted by molar-refractivity contribution is 1.07. The lowest BCUT2D eigenvalue weighted by atomic mass is 9.89. The third-order valence-electron chi connectivity index (χ3n) is 9.40. The summed E-state index contributed by atoms with van der Waals surface area (Å²) in [5.41, 5.74) is 10.6. The van der Waals surface area contributed by atoms with E-state index in [4.69, 9.17) is 15.0 Å². The minimum absolute atomic E-state index is 0.624. The van der Waals surface area contributed by atoms with Gasteiger partial charge in [-0.1, -0.05) is 133 Å². The number of nitrogens with zero attached hydrogens (tertiary/aromatic N) is 4. The highest BCUT2D eigenvalue weighted by atomic mass is 15.0. The average Bonchev–Trinajstić information content (AvgIpc) is 3.20. The third-order valence-corrected chi connectivity index (χ3v) is 9.40. The van der Waals surface area contributed by atoms with Crippen molar-refractivity contribution >= 4 is 21.5 Å². The molecule has 0 saturated heterocycles. The fourth-order valence-electron chi connectivity index (χ4n) is 6.91. The van der Waals surface area contributed by atoms with Gasteiger partial charge in [0.05, 0.1) is 0 Å². The van der Waals surface area contributed by atoms with Crippen LogP contribution in [0.4, 0.5) is 0 Å². The van der Waals surface area contributed by atoms with Crippen molar-refractivity contribution in [3.63, 3.8) is 0 Å². The van der Waals surface area contributed by atoms with Crippen molar-refractivity contribution in [2.24, 2.45) is 0 Å². The highest BCUT2D eigenvalue weighted by molar-refractivity contribution is 6.13. The molecule has 0 aliphatic heterocycles. The van der Waals surface area contributed by atoms with Gasteiger partial charge in [-0.3, -0.25) is 4.98 Å². The van der Waals surface area contributed by atoms with Crippen molar-refractivity contribution in [1.82, 2.24) is 19.9 Å². The summed E-state index contributed by atoms with van der Waals surface area (Å²) in [6.45, 7) is 2.02. The molecule has 51 heavy (non-hydrogen) atoms. The molecule has 7 aromatic carbocycles. The van der Waals surface area contributed by atoms with E-state index < -0.39 is 0 Å². The van der Waals surface area contributed by atoms with Crippen LogP contribution in [0.2, 0.25) is 0 Å². The summed E-state index contributed by atoms with van der Waals surface area (Å²) < 4.78 is 0. The molecule has 0 radical (unpaired) electrons. The van der Waals surface area contributed by atoms with Gasteiger partial charge in [-0.25, -0.2) is 15.0 Å². The van der Waals surface area contributed by atoms with Crippen LogP contribution in [-0.2, 0) is 0 Å². The lowest BCUT2D eigenvalue weighted by Crippen LogP contribution is -2.00. The zero-order valence-electron chi connectivity index (χ0n) is 28.0. The fourth-order valence-corrected chi connectivity index (χ4v) is 6.91. The van der Waals surface area contributed by atoms with Crippen molar-refractivity contribution < 1.29 is 0 Å². The number of hydrogen-bond donors (Lipinski definition) is 0. The molecule has 2 aromatic heterocycles. The summed E-state index contributed by atoms with van der Waals surface area (Å²) in [6, 6.07) is 59.5. The summed E-state index contributed by atoms with van der Waals surface area (Å²) in [7, 11) is 0. The maximum atomic E-state index is 5.13. The maximum Gasteiger partial charge on any atom is 0.164 e. The van der Waals surface area contributed by atoms with Crippen LogP contribution in [0.5, 0.6) is 0 Å². The average molecular weight is 653 g/mol. The second-order valence-electron chi connectivity index (χ2n) is 12.8. The Kier molecular flexibility index (Phi) is 7.67. The minimum Gasteiger partial charge on any atom is -0.262 e. The Hall–Kier alpha value is -6.78. The molecule has 2 heterocycles. The first-order valence-corrected chi connectivity index (χ1v) is 17.1. The van der Waals surface area contributed by atoms with Crippen molar-refractivity contribution in [3.8, 4) is 67.5 Å². The van der Waals surface area contributed by atoms with Crippen molar-refractivity contribution in [2.45, 2.75) is 6.92 Å². The Bertz CT molecular complexity index is 2570. The van der Waals surface area contributed by atoms with E-state index in [1.54, 1.807) is 0 Å². The fraction of sp³-hybridized carbons (Fsp3) is 0.0213. The minimum atomic E-state index is 0.624. The van der Waals surface area contributed by atoms with Gasteiger partial charge in [0.15, 0.2) is 17.5 Å². The molecule has 0 saturated carbocycles. The van der Waals surface area contributed by atoms with Gasteiger partial charge >= 0.3 is 0 Å². The largest absolute Gasteiger partial charge is 0.262 e. The summed E-state index contributed by atoms with van der Waals surface area (Å²) in [5, 5.41) is 4.81. The Morgan fingerprint density at radius 2 is 0.804 bits per heavy atom. The van der Waals surface area contributed by atoms with E-state index in [0.717, 1.165) is 50.2 Å². The number of hydrogen-bond acceptors (Lipinski definition) is 4. The van der Waals surface area contributed by atoms with Crippen molar-refractivity contribution in [2.75, 3.05) is 0 Å². The number of pyridine rings is 1. The van der Waals surface area contributed by atoms with Crippen LogP contribution in [0.15, 0.2) is 176 Å². The maximum absolute atomic E-state index is 5.13. The monoisotopic (exact) mass is 652 g/mol. The normalized spacial score (nSPS) is 11.2. The highest BCUT2D eigenvalue weighted by Gasteiger charge is 2.17. The Morgan fingerprint density at radius 1 is 0.333 bits per heavy atom. The second-order valence-corrected chi connectivity index (χ2v) is 12.8. The van der Waals surface area contributed by atoms with Crippen LogP contribution in [0, 0.1) is 6.92 Å². The van der Waals surface area contributed by atoms with Gasteiger partial charge in [-0.05, 0) is 98.2 Å². The van der Waals surface area contributed by atoms with Gasteiger partial charge in [0.2, 0.25) is 0 Å². The molecule has 0 atom stereocenters. The highest BCUT2D eigenvalue weighted by Crippen LogP contribution is 2.40. The second kappa shape index (κ2) is 12.9. The molecule has 0 aliphatic rings. The SMILES string of the molecule is Cc1cc(-c2ccc(-c3cc(-c4nc(-c5ccccc5)nc(-c5ccccc5)n4)cc(-c4c5ccccc5cc5ccccc45)c3)cc2)ccn1. The van der Waals surface area contributed by atoms with E-state index in [1.807, 2.05) is 73.8 Å². The molecule has 0 aliphatic carbocycles. The van der Waals surface area contributed by atoms with Crippen molar-refractivity contribution in [3.05, 3.63) is 182 Å². The van der Waals surface area contributed by atoms with Gasteiger partial charge in [0.25, 0.3) is 0 Å². The molecule has 0 fully saturated rings. The molecule has 4 heteroatoms. The van der Waals surface area contributed by atoms with Gasteiger partial charge in [-0.2, -0.15) is 0 Å². The number of rotatable bonds is 6. The van der Waals surface area contributed by atoms with E-state index in [0.29, 0.717) is 17.5 Å². The van der Waals surface area contributed by atoms with Gasteiger partial charge in [-0.15, -0.1) is 0 Å².